The van der Waals surface area contributed by atoms with E-state index in [9.17, 15) is 14.4 Å². The summed E-state index contributed by atoms with van der Waals surface area (Å²) in [6.45, 7) is 5.69. The second kappa shape index (κ2) is 6.62. The van der Waals surface area contributed by atoms with Gasteiger partial charge in [0.1, 0.15) is 6.04 Å². The number of nitrogens with one attached hydrogen (secondary N) is 1. The average Bonchev–Trinajstić information content (AvgIpc) is 2.94. The Bertz CT molecular complexity index is 640. The second-order valence-electron chi connectivity index (χ2n) is 6.47. The van der Waals surface area contributed by atoms with Gasteiger partial charge in [-0.2, -0.15) is 0 Å². The minimum atomic E-state index is -0.586. The van der Waals surface area contributed by atoms with Crippen LogP contribution in [0.2, 0.25) is 0 Å². The van der Waals surface area contributed by atoms with Crippen molar-refractivity contribution < 1.29 is 14.4 Å². The number of carbonyl (C=O) groups is 3. The van der Waals surface area contributed by atoms with E-state index in [1.807, 2.05) is 20.8 Å². The van der Waals surface area contributed by atoms with Crippen molar-refractivity contribution in [1.29, 1.82) is 0 Å². The number of nitrogens with two attached hydrogens (primary N) is 1. The van der Waals surface area contributed by atoms with Gasteiger partial charge in [0.05, 0.1) is 5.88 Å². The van der Waals surface area contributed by atoms with E-state index in [-0.39, 0.29) is 22.9 Å². The van der Waals surface area contributed by atoms with Gasteiger partial charge in [-0.3, -0.25) is 14.4 Å². The molecule has 1 heterocycles. The Morgan fingerprint density at radius 1 is 1.26 bits per heavy atom. The van der Waals surface area contributed by atoms with Gasteiger partial charge in [0.25, 0.3) is 5.91 Å². The topological polar surface area (TPSA) is 92.5 Å². The van der Waals surface area contributed by atoms with Crippen LogP contribution in [0.15, 0.2) is 24.3 Å². The van der Waals surface area contributed by atoms with Gasteiger partial charge >= 0.3 is 0 Å². The predicted octanol–water partition coefficient (Wildman–Crippen LogP) is 1.22. The third-order valence-electron chi connectivity index (χ3n) is 3.34. The second-order valence-corrected chi connectivity index (χ2v) is 7.47. The normalized spacial score (nSPS) is 17.9. The van der Waals surface area contributed by atoms with Crippen LogP contribution in [0.5, 0.6) is 0 Å². The molecule has 1 saturated heterocycles. The molecule has 2 rings (SSSR count). The lowest BCUT2D eigenvalue weighted by atomic mass is 10.1. The van der Waals surface area contributed by atoms with E-state index in [4.69, 9.17) is 5.73 Å². The maximum absolute atomic E-state index is 12.7. The summed E-state index contributed by atoms with van der Waals surface area (Å²) in [5, 5.41) is 2.91. The molecule has 0 spiro atoms. The van der Waals surface area contributed by atoms with E-state index in [2.05, 4.69) is 5.32 Å². The Morgan fingerprint density at radius 3 is 2.52 bits per heavy atom. The molecule has 7 heteroatoms. The molecule has 0 aliphatic carbocycles. The summed E-state index contributed by atoms with van der Waals surface area (Å²) in [4.78, 5) is 37.9. The number of hydrogen-bond donors (Lipinski definition) is 2. The van der Waals surface area contributed by atoms with Crippen molar-refractivity contribution in [3.63, 3.8) is 0 Å². The first-order chi connectivity index (χ1) is 10.7. The van der Waals surface area contributed by atoms with Crippen LogP contribution in [0.3, 0.4) is 0 Å². The molecule has 0 bridgehead atoms. The van der Waals surface area contributed by atoms with Gasteiger partial charge in [0.2, 0.25) is 11.8 Å². The molecule has 0 unspecified atom stereocenters. The van der Waals surface area contributed by atoms with Crippen LogP contribution in [-0.4, -0.2) is 45.8 Å². The summed E-state index contributed by atoms with van der Waals surface area (Å²) in [6, 6.07) is 5.75. The largest absolute Gasteiger partial charge is 0.366 e. The van der Waals surface area contributed by atoms with E-state index in [0.29, 0.717) is 17.2 Å². The van der Waals surface area contributed by atoms with Crippen LogP contribution in [0.1, 0.15) is 41.5 Å². The standard InChI is InChI=1S/C16H21N3O3S/c1-16(2,3)18-14(21)12-8-23-9-19(12)15(22)11-6-4-5-10(7-11)13(17)20/h4-7,12H,8-9H2,1-3H3,(H2,17,20)(H,18,21)/t12-/m0/s1. The molecule has 0 saturated carbocycles. The number of carbonyl (C=O) groups excluding carboxylic acids is 3. The van der Waals surface area contributed by atoms with E-state index in [1.165, 1.54) is 22.7 Å². The Labute approximate surface area is 139 Å². The maximum Gasteiger partial charge on any atom is 0.255 e. The molecule has 3 N–H and O–H groups in total. The third kappa shape index (κ3) is 4.25. The number of rotatable bonds is 3. The van der Waals surface area contributed by atoms with Gasteiger partial charge in [-0.05, 0) is 39.0 Å². The van der Waals surface area contributed by atoms with Gasteiger partial charge in [0, 0.05) is 22.4 Å². The minimum absolute atomic E-state index is 0.165. The quantitative estimate of drug-likeness (QED) is 0.868. The molecule has 3 amide bonds. The highest BCUT2D eigenvalue weighted by Gasteiger charge is 2.36. The molecule has 1 aromatic carbocycles. The molecular weight excluding hydrogens is 314 g/mol. The Morgan fingerprint density at radius 2 is 1.91 bits per heavy atom. The molecule has 23 heavy (non-hydrogen) atoms. The van der Waals surface area contributed by atoms with E-state index in [1.54, 1.807) is 18.2 Å². The zero-order chi connectivity index (χ0) is 17.2. The number of amides is 3. The van der Waals surface area contributed by atoms with Crippen molar-refractivity contribution in [3.8, 4) is 0 Å². The van der Waals surface area contributed by atoms with Crippen molar-refractivity contribution in [2.24, 2.45) is 5.73 Å². The van der Waals surface area contributed by atoms with Gasteiger partial charge in [0.15, 0.2) is 0 Å². The van der Waals surface area contributed by atoms with Crippen molar-refractivity contribution in [1.82, 2.24) is 10.2 Å². The molecule has 124 valence electrons. The molecular formula is C16H21N3O3S. The van der Waals surface area contributed by atoms with Crippen LogP contribution in [0, 0.1) is 0 Å². The zero-order valence-electron chi connectivity index (χ0n) is 13.5. The monoisotopic (exact) mass is 335 g/mol. The fourth-order valence-corrected chi connectivity index (χ4v) is 3.44. The van der Waals surface area contributed by atoms with Gasteiger partial charge in [-0.1, -0.05) is 6.07 Å². The van der Waals surface area contributed by atoms with Crippen LogP contribution < -0.4 is 11.1 Å². The first-order valence-corrected chi connectivity index (χ1v) is 8.45. The lowest BCUT2D eigenvalue weighted by Gasteiger charge is -2.27. The van der Waals surface area contributed by atoms with Crippen LogP contribution in [0.25, 0.3) is 0 Å². The summed E-state index contributed by atoms with van der Waals surface area (Å²) in [7, 11) is 0. The molecule has 0 radical (unpaired) electrons. The van der Waals surface area contributed by atoms with Gasteiger partial charge in [-0.25, -0.2) is 0 Å². The smallest absolute Gasteiger partial charge is 0.255 e. The summed E-state index contributed by atoms with van der Waals surface area (Å²) in [6.07, 6.45) is 0. The summed E-state index contributed by atoms with van der Waals surface area (Å²) in [5.41, 5.74) is 5.53. The Balaban J connectivity index is 2.19. The average molecular weight is 335 g/mol. The highest BCUT2D eigenvalue weighted by molar-refractivity contribution is 7.99. The van der Waals surface area contributed by atoms with Crippen molar-refractivity contribution in [2.75, 3.05) is 11.6 Å². The number of primary amides is 1. The molecule has 1 fully saturated rings. The van der Waals surface area contributed by atoms with Crippen LogP contribution in [0.4, 0.5) is 0 Å². The van der Waals surface area contributed by atoms with Crippen LogP contribution in [-0.2, 0) is 4.79 Å². The fourth-order valence-electron chi connectivity index (χ4n) is 2.28. The van der Waals surface area contributed by atoms with Crippen molar-refractivity contribution in [3.05, 3.63) is 35.4 Å². The highest BCUT2D eigenvalue weighted by atomic mass is 32.2. The first-order valence-electron chi connectivity index (χ1n) is 7.29. The molecule has 1 aliphatic rings. The fraction of sp³-hybridized carbons (Fsp3) is 0.438. The molecule has 6 nitrogen and oxygen atoms in total. The number of nitrogens with zero attached hydrogens (tertiary/aromatic N) is 1. The lowest BCUT2D eigenvalue weighted by molar-refractivity contribution is -0.125. The van der Waals surface area contributed by atoms with E-state index in [0.717, 1.165) is 0 Å². The zero-order valence-corrected chi connectivity index (χ0v) is 14.3. The Hall–Kier alpha value is -2.02. The van der Waals surface area contributed by atoms with E-state index >= 15 is 0 Å². The number of thioether (sulfide) groups is 1. The molecule has 1 aliphatic heterocycles. The molecule has 1 aromatic rings. The summed E-state index contributed by atoms with van der Waals surface area (Å²) < 4.78 is 0. The lowest BCUT2D eigenvalue weighted by Crippen LogP contribution is -2.52. The van der Waals surface area contributed by atoms with Crippen LogP contribution >= 0.6 is 11.8 Å². The van der Waals surface area contributed by atoms with E-state index < -0.39 is 11.9 Å². The third-order valence-corrected chi connectivity index (χ3v) is 4.35. The first kappa shape index (κ1) is 17.3. The number of hydrogen-bond acceptors (Lipinski definition) is 4. The SMILES string of the molecule is CC(C)(C)NC(=O)[C@@H]1CSCN1C(=O)c1cccc(C(N)=O)c1. The maximum atomic E-state index is 12.7. The Kier molecular flexibility index (Phi) is 4.99. The minimum Gasteiger partial charge on any atom is -0.366 e. The van der Waals surface area contributed by atoms with Crippen molar-refractivity contribution in [2.45, 2.75) is 32.4 Å². The number of benzene rings is 1. The van der Waals surface area contributed by atoms with Gasteiger partial charge < -0.3 is 16.0 Å². The molecule has 1 atom stereocenters. The van der Waals surface area contributed by atoms with Gasteiger partial charge in [-0.15, -0.1) is 11.8 Å². The summed E-state index contributed by atoms with van der Waals surface area (Å²) in [5.74, 6) is -0.0167. The predicted molar refractivity (Wildman–Crippen MR) is 90.1 cm³/mol. The highest BCUT2D eigenvalue weighted by Crippen LogP contribution is 2.24. The van der Waals surface area contributed by atoms with Crippen molar-refractivity contribution >= 4 is 29.5 Å². The molecule has 0 aromatic heterocycles. The summed E-state index contributed by atoms with van der Waals surface area (Å²) >= 11 is 1.53.